The van der Waals surface area contributed by atoms with Crippen molar-refractivity contribution in [1.29, 1.82) is 0 Å². The number of rotatable bonds is 4. The lowest BCUT2D eigenvalue weighted by Gasteiger charge is -2.26. The number of fused-ring (bicyclic) bond motifs is 1. The summed E-state index contributed by atoms with van der Waals surface area (Å²) in [5.41, 5.74) is 2.59. The van der Waals surface area contributed by atoms with Crippen LogP contribution < -0.4 is 5.32 Å². The van der Waals surface area contributed by atoms with Gasteiger partial charge < -0.3 is 10.1 Å². The zero-order valence-corrected chi connectivity index (χ0v) is 11.3. The minimum Gasteiger partial charge on any atom is -0.466 e. The molecule has 0 saturated heterocycles. The highest BCUT2D eigenvalue weighted by atomic mass is 35.5. The van der Waals surface area contributed by atoms with E-state index in [4.69, 9.17) is 16.3 Å². The zero-order valence-electron chi connectivity index (χ0n) is 10.5. The van der Waals surface area contributed by atoms with E-state index in [0.717, 1.165) is 24.4 Å². The molecule has 1 aliphatic rings. The molecule has 0 aliphatic carbocycles. The first-order chi connectivity index (χ1) is 8.69. The molecule has 1 N–H and O–H groups in total. The normalized spacial score (nSPS) is 18.2. The standard InChI is InChI=1S/C14H18ClNO2/c1-2-18-14(17)6-5-13-8-11-7-12(15)4-3-10(11)9-16-13/h3-4,7,13,16H,2,5-6,8-9H2,1H3. The summed E-state index contributed by atoms with van der Waals surface area (Å²) in [6.45, 7) is 3.13. The van der Waals surface area contributed by atoms with Crippen LogP contribution in [0.2, 0.25) is 5.02 Å². The van der Waals surface area contributed by atoms with Crippen molar-refractivity contribution in [2.75, 3.05) is 6.61 Å². The van der Waals surface area contributed by atoms with E-state index in [1.165, 1.54) is 11.1 Å². The molecule has 3 nitrogen and oxygen atoms in total. The highest BCUT2D eigenvalue weighted by Crippen LogP contribution is 2.22. The maximum Gasteiger partial charge on any atom is 0.305 e. The monoisotopic (exact) mass is 267 g/mol. The Labute approximate surface area is 112 Å². The van der Waals surface area contributed by atoms with Gasteiger partial charge in [0.2, 0.25) is 0 Å². The average molecular weight is 268 g/mol. The maximum atomic E-state index is 11.3. The molecule has 0 amide bonds. The van der Waals surface area contributed by atoms with Crippen molar-refractivity contribution in [3.63, 3.8) is 0 Å². The number of benzene rings is 1. The van der Waals surface area contributed by atoms with Crippen LogP contribution in [0.15, 0.2) is 18.2 Å². The maximum absolute atomic E-state index is 11.3. The Balaban J connectivity index is 1.89. The SMILES string of the molecule is CCOC(=O)CCC1Cc2cc(Cl)ccc2CN1. The highest BCUT2D eigenvalue weighted by Gasteiger charge is 2.19. The lowest BCUT2D eigenvalue weighted by Crippen LogP contribution is -2.36. The van der Waals surface area contributed by atoms with E-state index < -0.39 is 0 Å². The first-order valence-electron chi connectivity index (χ1n) is 6.35. The summed E-state index contributed by atoms with van der Waals surface area (Å²) in [6.07, 6.45) is 2.21. The summed E-state index contributed by atoms with van der Waals surface area (Å²) >= 11 is 6.00. The molecule has 0 saturated carbocycles. The van der Waals surface area contributed by atoms with Gasteiger partial charge in [-0.2, -0.15) is 0 Å². The van der Waals surface area contributed by atoms with E-state index in [2.05, 4.69) is 11.4 Å². The number of ether oxygens (including phenoxy) is 1. The van der Waals surface area contributed by atoms with Crippen LogP contribution in [0.5, 0.6) is 0 Å². The number of carbonyl (C=O) groups excluding carboxylic acids is 1. The van der Waals surface area contributed by atoms with Gasteiger partial charge in [0.1, 0.15) is 0 Å². The molecule has 18 heavy (non-hydrogen) atoms. The molecular formula is C14H18ClNO2. The van der Waals surface area contributed by atoms with Crippen molar-refractivity contribution < 1.29 is 9.53 Å². The summed E-state index contributed by atoms with van der Waals surface area (Å²) in [4.78, 5) is 11.3. The topological polar surface area (TPSA) is 38.3 Å². The minimum atomic E-state index is -0.115. The quantitative estimate of drug-likeness (QED) is 0.853. The fourth-order valence-electron chi connectivity index (χ4n) is 2.28. The molecule has 2 rings (SSSR count). The molecule has 0 radical (unpaired) electrons. The number of halogens is 1. The van der Waals surface area contributed by atoms with E-state index in [1.807, 2.05) is 19.1 Å². The van der Waals surface area contributed by atoms with Gasteiger partial charge in [-0.1, -0.05) is 17.7 Å². The molecule has 1 aromatic rings. The Kier molecular flexibility index (Phi) is 4.61. The lowest BCUT2D eigenvalue weighted by atomic mass is 9.93. The molecule has 1 aliphatic heterocycles. The molecular weight excluding hydrogens is 250 g/mol. The van der Waals surface area contributed by atoms with Crippen LogP contribution in [0.4, 0.5) is 0 Å². The number of hydrogen-bond acceptors (Lipinski definition) is 3. The van der Waals surface area contributed by atoms with E-state index in [9.17, 15) is 4.79 Å². The van der Waals surface area contributed by atoms with Crippen LogP contribution in [0.25, 0.3) is 0 Å². The van der Waals surface area contributed by atoms with Crippen molar-refractivity contribution in [2.24, 2.45) is 0 Å². The van der Waals surface area contributed by atoms with Crippen molar-refractivity contribution in [3.05, 3.63) is 34.3 Å². The highest BCUT2D eigenvalue weighted by molar-refractivity contribution is 6.30. The fraction of sp³-hybridized carbons (Fsp3) is 0.500. The van der Waals surface area contributed by atoms with E-state index in [-0.39, 0.29) is 5.97 Å². The molecule has 1 unspecified atom stereocenters. The van der Waals surface area contributed by atoms with Gasteiger partial charge in [0, 0.05) is 24.0 Å². The lowest BCUT2D eigenvalue weighted by molar-refractivity contribution is -0.143. The molecule has 1 heterocycles. The summed E-state index contributed by atoms with van der Waals surface area (Å²) in [6, 6.07) is 6.34. The number of hydrogen-bond donors (Lipinski definition) is 1. The van der Waals surface area contributed by atoms with Crippen LogP contribution in [0.3, 0.4) is 0 Å². The predicted octanol–water partition coefficient (Wildman–Crippen LogP) is 2.70. The third-order valence-corrected chi connectivity index (χ3v) is 3.45. The van der Waals surface area contributed by atoms with Crippen LogP contribution in [0.1, 0.15) is 30.9 Å². The Bertz CT molecular complexity index is 434. The van der Waals surface area contributed by atoms with Gasteiger partial charge in [-0.05, 0) is 43.0 Å². The number of nitrogens with one attached hydrogen (secondary N) is 1. The third-order valence-electron chi connectivity index (χ3n) is 3.22. The largest absolute Gasteiger partial charge is 0.466 e. The molecule has 1 aromatic carbocycles. The first-order valence-corrected chi connectivity index (χ1v) is 6.73. The van der Waals surface area contributed by atoms with Crippen LogP contribution >= 0.6 is 11.6 Å². The zero-order chi connectivity index (χ0) is 13.0. The molecule has 0 fully saturated rings. The molecule has 0 spiro atoms. The smallest absolute Gasteiger partial charge is 0.305 e. The van der Waals surface area contributed by atoms with Crippen molar-refractivity contribution in [3.8, 4) is 0 Å². The Morgan fingerprint density at radius 1 is 1.50 bits per heavy atom. The number of carbonyl (C=O) groups is 1. The van der Waals surface area contributed by atoms with E-state index in [1.54, 1.807) is 0 Å². The molecule has 0 bridgehead atoms. The van der Waals surface area contributed by atoms with Gasteiger partial charge >= 0.3 is 5.97 Å². The second-order valence-corrected chi connectivity index (χ2v) is 4.98. The summed E-state index contributed by atoms with van der Waals surface area (Å²) in [5, 5.41) is 4.22. The molecule has 1 atom stereocenters. The summed E-state index contributed by atoms with van der Waals surface area (Å²) in [5.74, 6) is -0.115. The predicted molar refractivity (Wildman–Crippen MR) is 71.7 cm³/mol. The van der Waals surface area contributed by atoms with Crippen molar-refractivity contribution >= 4 is 17.6 Å². The molecule has 0 aromatic heterocycles. The average Bonchev–Trinajstić information content (AvgIpc) is 2.36. The minimum absolute atomic E-state index is 0.115. The van der Waals surface area contributed by atoms with Crippen molar-refractivity contribution in [1.82, 2.24) is 5.32 Å². The van der Waals surface area contributed by atoms with E-state index >= 15 is 0 Å². The Morgan fingerprint density at radius 2 is 2.33 bits per heavy atom. The van der Waals surface area contributed by atoms with Crippen LogP contribution in [-0.4, -0.2) is 18.6 Å². The van der Waals surface area contributed by atoms with Gasteiger partial charge in [-0.25, -0.2) is 0 Å². The second-order valence-electron chi connectivity index (χ2n) is 4.54. The van der Waals surface area contributed by atoms with Gasteiger partial charge in [0.25, 0.3) is 0 Å². The summed E-state index contributed by atoms with van der Waals surface area (Å²) in [7, 11) is 0. The van der Waals surface area contributed by atoms with Crippen LogP contribution in [-0.2, 0) is 22.5 Å². The Hall–Kier alpha value is -1.06. The molecule has 4 heteroatoms. The molecule has 98 valence electrons. The van der Waals surface area contributed by atoms with Gasteiger partial charge in [-0.15, -0.1) is 0 Å². The van der Waals surface area contributed by atoms with Crippen molar-refractivity contribution in [2.45, 2.75) is 38.8 Å². The Morgan fingerprint density at radius 3 is 3.11 bits per heavy atom. The summed E-state index contributed by atoms with van der Waals surface area (Å²) < 4.78 is 4.93. The van der Waals surface area contributed by atoms with E-state index in [0.29, 0.717) is 19.1 Å². The van der Waals surface area contributed by atoms with Gasteiger partial charge in [-0.3, -0.25) is 4.79 Å². The van der Waals surface area contributed by atoms with Gasteiger partial charge in [0.15, 0.2) is 0 Å². The third kappa shape index (κ3) is 3.47. The van der Waals surface area contributed by atoms with Crippen LogP contribution in [0, 0.1) is 0 Å². The van der Waals surface area contributed by atoms with Gasteiger partial charge in [0.05, 0.1) is 6.61 Å². The first kappa shape index (κ1) is 13.4. The second kappa shape index (κ2) is 6.21. The fourth-order valence-corrected chi connectivity index (χ4v) is 2.47. The number of esters is 1.